The van der Waals surface area contributed by atoms with Crippen molar-refractivity contribution >= 4 is 21.6 Å². The molecule has 1 aliphatic heterocycles. The Labute approximate surface area is 192 Å². The molecule has 0 spiro atoms. The van der Waals surface area contributed by atoms with Crippen molar-refractivity contribution in [3.8, 4) is 23.0 Å². The van der Waals surface area contributed by atoms with Gasteiger partial charge in [-0.15, -0.1) is 10.2 Å². The molecule has 0 saturated carbocycles. The Bertz CT molecular complexity index is 1200. The van der Waals surface area contributed by atoms with Crippen molar-refractivity contribution in [2.45, 2.75) is 30.6 Å². The van der Waals surface area contributed by atoms with E-state index in [2.05, 4.69) is 10.2 Å². The quantitative estimate of drug-likeness (QED) is 0.498. The minimum Gasteiger partial charge on any atom is -0.497 e. The van der Waals surface area contributed by atoms with Gasteiger partial charge in [-0.1, -0.05) is 17.7 Å². The summed E-state index contributed by atoms with van der Waals surface area (Å²) < 4.78 is 44.4. The van der Waals surface area contributed by atoms with Crippen LogP contribution in [0.1, 0.15) is 31.6 Å². The third kappa shape index (κ3) is 4.60. The highest BCUT2D eigenvalue weighted by atomic mass is 35.5. The Morgan fingerprint density at radius 3 is 2.81 bits per heavy atom. The fourth-order valence-corrected chi connectivity index (χ4v) is 5.55. The molecule has 1 aliphatic rings. The highest BCUT2D eigenvalue weighted by molar-refractivity contribution is 7.89. The summed E-state index contributed by atoms with van der Waals surface area (Å²) in [5, 5.41) is 8.61. The number of halogens is 1. The van der Waals surface area contributed by atoms with Gasteiger partial charge in [-0.2, -0.15) is 4.31 Å². The zero-order chi connectivity index (χ0) is 22.7. The van der Waals surface area contributed by atoms with Gasteiger partial charge in [0.2, 0.25) is 21.8 Å². The summed E-state index contributed by atoms with van der Waals surface area (Å²) in [6.07, 6.45) is 1.45. The molecule has 1 fully saturated rings. The van der Waals surface area contributed by atoms with Crippen molar-refractivity contribution in [3.63, 3.8) is 0 Å². The van der Waals surface area contributed by atoms with Crippen LogP contribution < -0.4 is 9.47 Å². The predicted octanol–water partition coefficient (Wildman–Crippen LogP) is 4.37. The first-order valence-corrected chi connectivity index (χ1v) is 12.1. The van der Waals surface area contributed by atoms with Crippen LogP contribution in [-0.4, -0.2) is 49.7 Å². The number of ether oxygens (including phenoxy) is 2. The molecule has 10 heteroatoms. The van der Waals surface area contributed by atoms with Gasteiger partial charge in [0.25, 0.3) is 0 Å². The lowest BCUT2D eigenvalue weighted by atomic mass is 10.00. The first-order chi connectivity index (χ1) is 15.4. The van der Waals surface area contributed by atoms with Crippen LogP contribution in [0.15, 0.2) is 51.8 Å². The van der Waals surface area contributed by atoms with Gasteiger partial charge in [0.1, 0.15) is 11.5 Å². The number of sulfonamides is 1. The van der Waals surface area contributed by atoms with E-state index in [1.54, 1.807) is 13.2 Å². The van der Waals surface area contributed by atoms with Gasteiger partial charge in [-0.25, -0.2) is 8.42 Å². The van der Waals surface area contributed by atoms with Gasteiger partial charge < -0.3 is 13.9 Å². The van der Waals surface area contributed by atoms with Crippen molar-refractivity contribution in [2.24, 2.45) is 0 Å². The largest absolute Gasteiger partial charge is 0.497 e. The lowest BCUT2D eigenvalue weighted by molar-refractivity contribution is 0.286. The molecule has 0 amide bonds. The maximum absolute atomic E-state index is 13.2. The summed E-state index contributed by atoms with van der Waals surface area (Å²) in [6.45, 7) is 2.96. The molecular weight excluding hydrogens is 454 g/mol. The van der Waals surface area contributed by atoms with Gasteiger partial charge in [-0.3, -0.25) is 0 Å². The average Bonchev–Trinajstić information content (AvgIpc) is 3.31. The van der Waals surface area contributed by atoms with E-state index in [-0.39, 0.29) is 22.4 Å². The van der Waals surface area contributed by atoms with Crippen LogP contribution >= 0.6 is 11.6 Å². The fourth-order valence-electron chi connectivity index (χ4n) is 3.70. The van der Waals surface area contributed by atoms with Crippen molar-refractivity contribution in [2.75, 3.05) is 26.8 Å². The Kier molecular flexibility index (Phi) is 6.68. The highest BCUT2D eigenvalue weighted by Crippen LogP contribution is 2.33. The standard InChI is InChI=1S/C22H24ClN3O5S/c1-3-30-20-10-9-18(13-19(20)23)32(27,28)26-11-5-7-16(14-26)22-25-24-21(31-22)15-6-4-8-17(12-15)29-2/h4,6,8-10,12-13,16H,3,5,7,11,14H2,1-2H3/t16-/m0/s1. The second-order valence-electron chi connectivity index (χ2n) is 7.40. The fraction of sp³-hybridized carbons (Fsp3) is 0.364. The Morgan fingerprint density at radius 1 is 1.22 bits per heavy atom. The third-order valence-corrected chi connectivity index (χ3v) is 7.49. The van der Waals surface area contributed by atoms with Crippen LogP contribution in [0.25, 0.3) is 11.5 Å². The molecule has 0 unspecified atom stereocenters. The molecule has 32 heavy (non-hydrogen) atoms. The van der Waals surface area contributed by atoms with E-state index in [9.17, 15) is 8.42 Å². The maximum atomic E-state index is 13.2. The summed E-state index contributed by atoms with van der Waals surface area (Å²) in [4.78, 5) is 0.134. The Morgan fingerprint density at radius 2 is 2.06 bits per heavy atom. The van der Waals surface area contributed by atoms with Crippen LogP contribution in [-0.2, 0) is 10.0 Å². The molecule has 0 N–H and O–H groups in total. The highest BCUT2D eigenvalue weighted by Gasteiger charge is 2.33. The molecule has 2 aromatic carbocycles. The SMILES string of the molecule is CCOc1ccc(S(=O)(=O)N2CCC[C@H](c3nnc(-c4cccc(OC)c4)o3)C2)cc1Cl. The zero-order valence-electron chi connectivity index (χ0n) is 17.8. The number of methoxy groups -OCH3 is 1. The van der Waals surface area contributed by atoms with Gasteiger partial charge in [0, 0.05) is 18.7 Å². The van der Waals surface area contributed by atoms with Crippen LogP contribution in [0.2, 0.25) is 5.02 Å². The number of rotatable bonds is 7. The molecule has 0 bridgehead atoms. The predicted molar refractivity (Wildman–Crippen MR) is 120 cm³/mol. The minimum atomic E-state index is -3.72. The topological polar surface area (TPSA) is 94.8 Å². The van der Waals surface area contributed by atoms with Crippen molar-refractivity contribution in [1.82, 2.24) is 14.5 Å². The van der Waals surface area contributed by atoms with Gasteiger partial charge in [0.15, 0.2) is 0 Å². The summed E-state index contributed by atoms with van der Waals surface area (Å²) in [6, 6.07) is 11.9. The van der Waals surface area contributed by atoms with Crippen LogP contribution in [0, 0.1) is 0 Å². The van der Waals surface area contributed by atoms with Crippen molar-refractivity contribution in [1.29, 1.82) is 0 Å². The number of hydrogen-bond acceptors (Lipinski definition) is 7. The molecule has 1 saturated heterocycles. The van der Waals surface area contributed by atoms with Crippen molar-refractivity contribution < 1.29 is 22.3 Å². The van der Waals surface area contributed by atoms with Crippen LogP contribution in [0.5, 0.6) is 11.5 Å². The summed E-state index contributed by atoms with van der Waals surface area (Å²) in [7, 11) is -2.13. The van der Waals surface area contributed by atoms with Crippen LogP contribution in [0.4, 0.5) is 0 Å². The lowest BCUT2D eigenvalue weighted by Gasteiger charge is -2.30. The Balaban J connectivity index is 1.53. The normalized spacial score (nSPS) is 17.3. The molecule has 8 nitrogen and oxygen atoms in total. The molecule has 1 atom stereocenters. The van der Waals surface area contributed by atoms with Crippen LogP contribution in [0.3, 0.4) is 0 Å². The number of nitrogens with zero attached hydrogens (tertiary/aromatic N) is 3. The third-order valence-electron chi connectivity index (χ3n) is 5.33. The first-order valence-electron chi connectivity index (χ1n) is 10.3. The van der Waals surface area contributed by atoms with Gasteiger partial charge in [0.05, 0.1) is 29.6 Å². The number of benzene rings is 2. The second kappa shape index (κ2) is 9.48. The molecule has 0 aliphatic carbocycles. The number of aromatic nitrogens is 2. The molecule has 0 radical (unpaired) electrons. The first kappa shape index (κ1) is 22.6. The zero-order valence-corrected chi connectivity index (χ0v) is 19.4. The van der Waals surface area contributed by atoms with E-state index >= 15 is 0 Å². The average molecular weight is 478 g/mol. The summed E-state index contributed by atoms with van der Waals surface area (Å²) in [5.74, 6) is 1.75. The molecule has 3 aromatic rings. The smallest absolute Gasteiger partial charge is 0.247 e. The lowest BCUT2D eigenvalue weighted by Crippen LogP contribution is -2.39. The van der Waals surface area contributed by atoms with E-state index in [4.69, 9.17) is 25.5 Å². The Hall–Kier alpha value is -2.62. The monoisotopic (exact) mass is 477 g/mol. The molecule has 170 valence electrons. The number of hydrogen-bond donors (Lipinski definition) is 0. The molecule has 4 rings (SSSR count). The molecule has 2 heterocycles. The summed E-state index contributed by atoms with van der Waals surface area (Å²) >= 11 is 6.21. The molecular formula is C22H24ClN3O5S. The van der Waals surface area contributed by atoms with E-state index in [1.165, 1.54) is 16.4 Å². The van der Waals surface area contributed by atoms with E-state index < -0.39 is 10.0 Å². The maximum Gasteiger partial charge on any atom is 0.247 e. The number of piperidine rings is 1. The van der Waals surface area contributed by atoms with Gasteiger partial charge in [-0.05, 0) is 56.2 Å². The van der Waals surface area contributed by atoms with E-state index in [0.29, 0.717) is 42.9 Å². The molecule has 1 aromatic heterocycles. The summed E-state index contributed by atoms with van der Waals surface area (Å²) in [5.41, 5.74) is 0.743. The van der Waals surface area contributed by atoms with Gasteiger partial charge >= 0.3 is 0 Å². The van der Waals surface area contributed by atoms with E-state index in [0.717, 1.165) is 12.0 Å². The van der Waals surface area contributed by atoms with Crippen molar-refractivity contribution in [3.05, 3.63) is 53.4 Å². The minimum absolute atomic E-state index is 0.134. The second-order valence-corrected chi connectivity index (χ2v) is 9.75. The van der Waals surface area contributed by atoms with E-state index in [1.807, 2.05) is 31.2 Å².